The summed E-state index contributed by atoms with van der Waals surface area (Å²) in [5, 5.41) is 0. The third-order valence-electron chi connectivity index (χ3n) is 3.17. The van der Waals surface area contributed by atoms with Gasteiger partial charge >= 0.3 is 0 Å². The Balaban J connectivity index is 2.52. The van der Waals surface area contributed by atoms with Gasteiger partial charge < -0.3 is 4.90 Å². The van der Waals surface area contributed by atoms with Crippen molar-refractivity contribution in [2.24, 2.45) is 0 Å². The minimum absolute atomic E-state index is 0.438. The van der Waals surface area contributed by atoms with Gasteiger partial charge in [0.15, 0.2) is 0 Å². The van der Waals surface area contributed by atoms with E-state index in [2.05, 4.69) is 81.1 Å². The minimum atomic E-state index is 0.438. The summed E-state index contributed by atoms with van der Waals surface area (Å²) >= 11 is 0. The molecule has 2 rings (SSSR count). The third kappa shape index (κ3) is 2.56. The monoisotopic (exact) mass is 239 g/mol. The van der Waals surface area contributed by atoms with Crippen molar-refractivity contribution in [1.82, 2.24) is 0 Å². The molecule has 2 aromatic rings. The molecule has 0 N–H and O–H groups in total. The van der Waals surface area contributed by atoms with E-state index >= 15 is 0 Å². The van der Waals surface area contributed by atoms with Crippen molar-refractivity contribution >= 4 is 11.4 Å². The Morgan fingerprint density at radius 1 is 0.889 bits per heavy atom. The van der Waals surface area contributed by atoms with Crippen LogP contribution in [-0.4, -0.2) is 6.04 Å². The lowest BCUT2D eigenvalue weighted by Crippen LogP contribution is -2.26. The van der Waals surface area contributed by atoms with Crippen LogP contribution in [0.15, 0.2) is 48.5 Å². The quantitative estimate of drug-likeness (QED) is 0.740. The molecule has 0 saturated carbocycles. The van der Waals surface area contributed by atoms with Crippen molar-refractivity contribution in [2.45, 2.75) is 33.7 Å². The molecule has 0 atom stereocenters. The number of hydrogen-bond acceptors (Lipinski definition) is 1. The molecular formula is C17H21N. The summed E-state index contributed by atoms with van der Waals surface area (Å²) in [6.07, 6.45) is 0. The largest absolute Gasteiger partial charge is 0.339 e. The number of benzene rings is 2. The van der Waals surface area contributed by atoms with E-state index in [4.69, 9.17) is 0 Å². The minimum Gasteiger partial charge on any atom is -0.339 e. The Morgan fingerprint density at radius 2 is 1.56 bits per heavy atom. The molecule has 0 radical (unpaired) electrons. The fourth-order valence-electron chi connectivity index (χ4n) is 2.28. The van der Waals surface area contributed by atoms with Crippen LogP contribution in [0.1, 0.15) is 25.0 Å². The van der Waals surface area contributed by atoms with Crippen LogP contribution in [-0.2, 0) is 0 Å². The van der Waals surface area contributed by atoms with Crippen LogP contribution in [0, 0.1) is 13.8 Å². The molecule has 0 aliphatic heterocycles. The molecular weight excluding hydrogens is 218 g/mol. The van der Waals surface area contributed by atoms with Gasteiger partial charge in [-0.2, -0.15) is 0 Å². The molecule has 0 aromatic heterocycles. The first-order chi connectivity index (χ1) is 8.59. The van der Waals surface area contributed by atoms with Crippen LogP contribution in [0.2, 0.25) is 0 Å². The molecule has 2 aromatic carbocycles. The molecule has 18 heavy (non-hydrogen) atoms. The van der Waals surface area contributed by atoms with E-state index in [1.54, 1.807) is 0 Å². The number of nitrogens with zero attached hydrogens (tertiary/aromatic N) is 1. The second-order valence-corrected chi connectivity index (χ2v) is 5.09. The first-order valence-corrected chi connectivity index (χ1v) is 6.51. The Morgan fingerprint density at radius 3 is 2.17 bits per heavy atom. The van der Waals surface area contributed by atoms with Gasteiger partial charge in [0, 0.05) is 17.4 Å². The molecule has 94 valence electrons. The van der Waals surface area contributed by atoms with Crippen LogP contribution in [0.25, 0.3) is 0 Å². The van der Waals surface area contributed by atoms with E-state index in [9.17, 15) is 0 Å². The average molecular weight is 239 g/mol. The highest BCUT2D eigenvalue weighted by molar-refractivity contribution is 5.67. The molecule has 0 unspecified atom stereocenters. The second-order valence-electron chi connectivity index (χ2n) is 5.09. The fourth-order valence-corrected chi connectivity index (χ4v) is 2.28. The Labute approximate surface area is 110 Å². The lowest BCUT2D eigenvalue weighted by Gasteiger charge is -2.31. The number of anilines is 2. The van der Waals surface area contributed by atoms with Gasteiger partial charge in [-0.25, -0.2) is 0 Å². The summed E-state index contributed by atoms with van der Waals surface area (Å²) in [5.74, 6) is 0. The third-order valence-corrected chi connectivity index (χ3v) is 3.17. The van der Waals surface area contributed by atoms with Crippen molar-refractivity contribution in [3.8, 4) is 0 Å². The molecule has 1 nitrogen and oxygen atoms in total. The molecule has 0 saturated heterocycles. The maximum Gasteiger partial charge on any atom is 0.0445 e. The van der Waals surface area contributed by atoms with Crippen molar-refractivity contribution in [2.75, 3.05) is 4.90 Å². The number of rotatable bonds is 3. The zero-order chi connectivity index (χ0) is 13.1. The molecule has 0 spiro atoms. The van der Waals surface area contributed by atoms with E-state index in [-0.39, 0.29) is 0 Å². The van der Waals surface area contributed by atoms with Gasteiger partial charge in [-0.1, -0.05) is 30.3 Å². The van der Waals surface area contributed by atoms with E-state index in [0.29, 0.717) is 6.04 Å². The molecule has 0 bridgehead atoms. The van der Waals surface area contributed by atoms with Gasteiger partial charge in [0.25, 0.3) is 0 Å². The molecule has 1 heteroatoms. The zero-order valence-electron chi connectivity index (χ0n) is 11.6. The van der Waals surface area contributed by atoms with Crippen molar-refractivity contribution in [3.63, 3.8) is 0 Å². The average Bonchev–Trinajstić information content (AvgIpc) is 2.35. The van der Waals surface area contributed by atoms with Gasteiger partial charge in [-0.15, -0.1) is 0 Å². The summed E-state index contributed by atoms with van der Waals surface area (Å²) in [6.45, 7) is 8.78. The highest BCUT2D eigenvalue weighted by Crippen LogP contribution is 2.31. The zero-order valence-corrected chi connectivity index (χ0v) is 11.6. The van der Waals surface area contributed by atoms with Gasteiger partial charge in [-0.3, -0.25) is 0 Å². The van der Waals surface area contributed by atoms with Crippen LogP contribution >= 0.6 is 0 Å². The van der Waals surface area contributed by atoms with Crippen LogP contribution < -0.4 is 4.90 Å². The Bertz CT molecular complexity index is 514. The summed E-state index contributed by atoms with van der Waals surface area (Å²) in [5.41, 5.74) is 5.17. The first kappa shape index (κ1) is 12.7. The smallest absolute Gasteiger partial charge is 0.0445 e. The fraction of sp³-hybridized carbons (Fsp3) is 0.294. The second kappa shape index (κ2) is 5.26. The lowest BCUT2D eigenvalue weighted by molar-refractivity contribution is 0.786. The topological polar surface area (TPSA) is 3.24 Å². The SMILES string of the molecule is Cc1ccc(C)c(N(c2ccccc2)C(C)C)c1. The van der Waals surface area contributed by atoms with Crippen LogP contribution in [0.3, 0.4) is 0 Å². The standard InChI is InChI=1S/C17H21N/c1-13(2)18(16-8-6-5-7-9-16)17-12-14(3)10-11-15(17)4/h5-13H,1-4H3. The molecule has 0 amide bonds. The van der Waals surface area contributed by atoms with Crippen molar-refractivity contribution in [3.05, 3.63) is 59.7 Å². The van der Waals surface area contributed by atoms with Gasteiger partial charge in [0.1, 0.15) is 0 Å². The van der Waals surface area contributed by atoms with Crippen LogP contribution in [0.4, 0.5) is 11.4 Å². The maximum atomic E-state index is 2.39. The summed E-state index contributed by atoms with van der Waals surface area (Å²) < 4.78 is 0. The van der Waals surface area contributed by atoms with Crippen molar-refractivity contribution in [1.29, 1.82) is 0 Å². The van der Waals surface area contributed by atoms with Gasteiger partial charge in [0.2, 0.25) is 0 Å². The summed E-state index contributed by atoms with van der Waals surface area (Å²) in [6, 6.07) is 17.7. The molecule has 0 aliphatic carbocycles. The highest BCUT2D eigenvalue weighted by Gasteiger charge is 2.14. The van der Waals surface area contributed by atoms with E-state index < -0.39 is 0 Å². The number of hydrogen-bond donors (Lipinski definition) is 0. The van der Waals surface area contributed by atoms with Crippen LogP contribution in [0.5, 0.6) is 0 Å². The van der Waals surface area contributed by atoms with E-state index in [0.717, 1.165) is 0 Å². The molecule has 0 heterocycles. The Hall–Kier alpha value is -1.76. The number of para-hydroxylation sites is 1. The maximum absolute atomic E-state index is 2.39. The lowest BCUT2D eigenvalue weighted by atomic mass is 10.1. The van der Waals surface area contributed by atoms with Gasteiger partial charge in [-0.05, 0) is 57.0 Å². The summed E-state index contributed by atoms with van der Waals surface area (Å²) in [7, 11) is 0. The Kier molecular flexibility index (Phi) is 3.71. The number of aryl methyl sites for hydroxylation is 2. The van der Waals surface area contributed by atoms with E-state index in [1.807, 2.05) is 0 Å². The van der Waals surface area contributed by atoms with Crippen molar-refractivity contribution < 1.29 is 0 Å². The molecule has 0 fully saturated rings. The van der Waals surface area contributed by atoms with Gasteiger partial charge in [0.05, 0.1) is 0 Å². The predicted molar refractivity (Wildman–Crippen MR) is 79.6 cm³/mol. The first-order valence-electron chi connectivity index (χ1n) is 6.51. The normalized spacial score (nSPS) is 10.7. The highest BCUT2D eigenvalue weighted by atomic mass is 15.2. The predicted octanol–water partition coefficient (Wildman–Crippen LogP) is 4.85. The molecule has 0 aliphatic rings. The summed E-state index contributed by atoms with van der Waals surface area (Å²) in [4.78, 5) is 2.39. The van der Waals surface area contributed by atoms with E-state index in [1.165, 1.54) is 22.5 Å².